The van der Waals surface area contributed by atoms with E-state index in [1.165, 1.54) is 60.6 Å². The SMILES string of the molecule is C=CCn1c(COc2ccc(F)c(Cl)c2)nnc1SCC(=O)Nc1nnc(C2CCCCC2)s1. The van der Waals surface area contributed by atoms with Gasteiger partial charge in [0.25, 0.3) is 0 Å². The summed E-state index contributed by atoms with van der Waals surface area (Å²) in [5.41, 5.74) is 0. The first-order valence-corrected chi connectivity index (χ1v) is 13.1. The molecule has 1 aliphatic carbocycles. The average Bonchev–Trinajstić information content (AvgIpc) is 3.46. The van der Waals surface area contributed by atoms with Crippen molar-refractivity contribution in [3.8, 4) is 5.75 Å². The van der Waals surface area contributed by atoms with Crippen LogP contribution in [0.2, 0.25) is 5.02 Å². The highest BCUT2D eigenvalue weighted by atomic mass is 35.5. The predicted molar refractivity (Wildman–Crippen MR) is 131 cm³/mol. The molecule has 1 N–H and O–H groups in total. The molecule has 1 aliphatic rings. The first kappa shape index (κ1) is 24.6. The second-order valence-corrected chi connectivity index (χ2v) is 10.1. The standard InChI is InChI=1S/C22H24ClFN6O2S2/c1-2-10-30-18(12-32-15-8-9-17(24)16(23)11-15)26-29-22(30)33-13-19(31)25-21-28-27-20(34-21)14-6-4-3-5-7-14/h2,8-9,11,14H,1,3-7,10,12-13H2,(H,25,28,31). The molecule has 2 heterocycles. The van der Waals surface area contributed by atoms with Crippen LogP contribution in [0.5, 0.6) is 5.75 Å². The summed E-state index contributed by atoms with van der Waals surface area (Å²) < 4.78 is 20.8. The van der Waals surface area contributed by atoms with E-state index in [-0.39, 0.29) is 23.3 Å². The van der Waals surface area contributed by atoms with E-state index in [0.717, 1.165) is 17.8 Å². The number of allylic oxidation sites excluding steroid dienone is 1. The number of anilines is 1. The van der Waals surface area contributed by atoms with E-state index >= 15 is 0 Å². The maximum absolute atomic E-state index is 13.3. The van der Waals surface area contributed by atoms with Crippen LogP contribution in [0.25, 0.3) is 0 Å². The number of carbonyl (C=O) groups excluding carboxylic acids is 1. The molecule has 0 aliphatic heterocycles. The molecular formula is C22H24ClFN6O2S2. The lowest BCUT2D eigenvalue weighted by molar-refractivity contribution is -0.113. The Labute approximate surface area is 210 Å². The topological polar surface area (TPSA) is 94.8 Å². The van der Waals surface area contributed by atoms with Gasteiger partial charge in [-0.3, -0.25) is 14.7 Å². The number of thioether (sulfide) groups is 1. The maximum Gasteiger partial charge on any atom is 0.236 e. The second-order valence-electron chi connectivity index (χ2n) is 7.78. The zero-order chi connectivity index (χ0) is 23.9. The molecule has 8 nitrogen and oxygen atoms in total. The Balaban J connectivity index is 1.32. The van der Waals surface area contributed by atoms with Crippen LogP contribution < -0.4 is 10.1 Å². The molecule has 0 unspecified atom stereocenters. The predicted octanol–water partition coefficient (Wildman–Crippen LogP) is 5.47. The number of rotatable bonds is 10. The van der Waals surface area contributed by atoms with E-state index in [1.807, 2.05) is 4.57 Å². The lowest BCUT2D eigenvalue weighted by atomic mass is 9.90. The molecule has 2 aromatic heterocycles. The third-order valence-corrected chi connectivity index (χ3v) is 7.60. The minimum Gasteiger partial charge on any atom is -0.486 e. The van der Waals surface area contributed by atoms with E-state index < -0.39 is 5.82 Å². The summed E-state index contributed by atoms with van der Waals surface area (Å²) in [6.07, 6.45) is 7.70. The molecule has 180 valence electrons. The Morgan fingerprint density at radius 1 is 1.29 bits per heavy atom. The zero-order valence-electron chi connectivity index (χ0n) is 18.4. The number of benzene rings is 1. The van der Waals surface area contributed by atoms with Crippen molar-refractivity contribution in [1.29, 1.82) is 0 Å². The Morgan fingerprint density at radius 3 is 2.88 bits per heavy atom. The van der Waals surface area contributed by atoms with Crippen molar-refractivity contribution in [1.82, 2.24) is 25.0 Å². The summed E-state index contributed by atoms with van der Waals surface area (Å²) in [4.78, 5) is 12.5. The normalized spacial score (nSPS) is 14.2. The van der Waals surface area contributed by atoms with Gasteiger partial charge in [0.2, 0.25) is 11.0 Å². The zero-order valence-corrected chi connectivity index (χ0v) is 20.8. The fourth-order valence-electron chi connectivity index (χ4n) is 3.64. The van der Waals surface area contributed by atoms with Gasteiger partial charge in [0.05, 0.1) is 10.8 Å². The maximum atomic E-state index is 13.3. The quantitative estimate of drug-likeness (QED) is 0.279. The highest BCUT2D eigenvalue weighted by molar-refractivity contribution is 7.99. The number of aromatic nitrogens is 5. The molecule has 1 amide bonds. The largest absolute Gasteiger partial charge is 0.486 e. The number of nitrogens with zero attached hydrogens (tertiary/aromatic N) is 5. The molecule has 1 fully saturated rings. The van der Waals surface area contributed by atoms with E-state index in [4.69, 9.17) is 16.3 Å². The summed E-state index contributed by atoms with van der Waals surface area (Å²) in [5, 5.41) is 21.6. The van der Waals surface area contributed by atoms with Crippen LogP contribution in [-0.2, 0) is 17.9 Å². The Morgan fingerprint density at radius 2 is 2.12 bits per heavy atom. The van der Waals surface area contributed by atoms with Crippen LogP contribution in [0.1, 0.15) is 48.9 Å². The monoisotopic (exact) mass is 522 g/mol. The van der Waals surface area contributed by atoms with Crippen molar-refractivity contribution < 1.29 is 13.9 Å². The molecule has 0 atom stereocenters. The first-order chi connectivity index (χ1) is 16.5. The Hall–Kier alpha value is -2.50. The van der Waals surface area contributed by atoms with Crippen LogP contribution in [-0.4, -0.2) is 36.6 Å². The number of hydrogen-bond donors (Lipinski definition) is 1. The summed E-state index contributed by atoms with van der Waals surface area (Å²) in [7, 11) is 0. The van der Waals surface area contributed by atoms with Gasteiger partial charge in [-0.15, -0.1) is 27.0 Å². The number of carbonyl (C=O) groups is 1. The fraction of sp³-hybridized carbons (Fsp3) is 0.409. The molecule has 12 heteroatoms. The molecule has 0 saturated heterocycles. The summed E-state index contributed by atoms with van der Waals surface area (Å²) in [5.74, 6) is 0.850. The van der Waals surface area contributed by atoms with Crippen LogP contribution in [0.4, 0.5) is 9.52 Å². The molecule has 3 aromatic rings. The molecular weight excluding hydrogens is 499 g/mol. The number of nitrogens with one attached hydrogen (secondary N) is 1. The lowest BCUT2D eigenvalue weighted by Crippen LogP contribution is -2.15. The lowest BCUT2D eigenvalue weighted by Gasteiger charge is -2.18. The van der Waals surface area contributed by atoms with Gasteiger partial charge >= 0.3 is 0 Å². The molecule has 4 rings (SSSR count). The number of ether oxygens (including phenoxy) is 1. The van der Waals surface area contributed by atoms with Crippen LogP contribution in [0, 0.1) is 5.82 Å². The first-order valence-electron chi connectivity index (χ1n) is 10.9. The number of amides is 1. The van der Waals surface area contributed by atoms with Crippen molar-refractivity contribution in [2.45, 2.75) is 56.3 Å². The minimum absolute atomic E-state index is 0.0198. The Kier molecular flexibility index (Phi) is 8.52. The van der Waals surface area contributed by atoms with Crippen molar-refractivity contribution >= 4 is 45.7 Å². The fourth-order valence-corrected chi connectivity index (χ4v) is 5.51. The van der Waals surface area contributed by atoms with Crippen LogP contribution in [0.3, 0.4) is 0 Å². The molecule has 0 radical (unpaired) electrons. The van der Waals surface area contributed by atoms with Gasteiger partial charge in [-0.2, -0.15) is 0 Å². The molecule has 1 saturated carbocycles. The van der Waals surface area contributed by atoms with E-state index in [1.54, 1.807) is 6.08 Å². The smallest absolute Gasteiger partial charge is 0.236 e. The van der Waals surface area contributed by atoms with Gasteiger partial charge in [-0.25, -0.2) is 4.39 Å². The summed E-state index contributed by atoms with van der Waals surface area (Å²) in [6.45, 7) is 4.32. The number of hydrogen-bond acceptors (Lipinski definition) is 8. The van der Waals surface area contributed by atoms with Gasteiger partial charge in [0.15, 0.2) is 11.0 Å². The third kappa shape index (κ3) is 6.34. The van der Waals surface area contributed by atoms with Gasteiger partial charge in [0, 0.05) is 18.5 Å². The van der Waals surface area contributed by atoms with Gasteiger partial charge in [-0.1, -0.05) is 60.0 Å². The van der Waals surface area contributed by atoms with Gasteiger partial charge in [0.1, 0.15) is 23.2 Å². The highest BCUT2D eigenvalue weighted by Crippen LogP contribution is 2.35. The molecule has 1 aromatic carbocycles. The molecule has 0 spiro atoms. The minimum atomic E-state index is -0.514. The highest BCUT2D eigenvalue weighted by Gasteiger charge is 2.20. The van der Waals surface area contributed by atoms with Gasteiger partial charge < -0.3 is 4.74 Å². The third-order valence-electron chi connectivity index (χ3n) is 5.34. The van der Waals surface area contributed by atoms with Crippen LogP contribution >= 0.6 is 34.7 Å². The molecule has 34 heavy (non-hydrogen) atoms. The van der Waals surface area contributed by atoms with Crippen molar-refractivity contribution in [2.24, 2.45) is 0 Å². The van der Waals surface area contributed by atoms with E-state index in [0.29, 0.717) is 34.3 Å². The molecule has 0 bridgehead atoms. The second kappa shape index (κ2) is 11.8. The average molecular weight is 523 g/mol. The van der Waals surface area contributed by atoms with E-state index in [9.17, 15) is 9.18 Å². The van der Waals surface area contributed by atoms with Crippen molar-refractivity contribution in [3.63, 3.8) is 0 Å². The van der Waals surface area contributed by atoms with Crippen molar-refractivity contribution in [3.05, 3.63) is 52.5 Å². The summed E-state index contributed by atoms with van der Waals surface area (Å²) in [6, 6.07) is 4.13. The van der Waals surface area contributed by atoms with Gasteiger partial charge in [-0.05, 0) is 25.0 Å². The summed E-state index contributed by atoms with van der Waals surface area (Å²) >= 11 is 8.51. The van der Waals surface area contributed by atoms with E-state index in [2.05, 4.69) is 32.3 Å². The van der Waals surface area contributed by atoms with Crippen molar-refractivity contribution in [2.75, 3.05) is 11.1 Å². The number of halogens is 2. The van der Waals surface area contributed by atoms with Crippen LogP contribution in [0.15, 0.2) is 36.0 Å². The Bertz CT molecular complexity index is 1150.